The Bertz CT molecular complexity index is 274. The molecule has 0 fully saturated rings. The topological polar surface area (TPSA) is 17.8 Å². The minimum atomic E-state index is -2.42. The second-order valence-corrected chi connectivity index (χ2v) is 3.46. The lowest BCUT2D eigenvalue weighted by molar-refractivity contribution is 0.149. The molecule has 0 amide bonds. The fourth-order valence-electron chi connectivity index (χ4n) is 1.65. The molecule has 0 saturated heterocycles. The highest BCUT2D eigenvalue weighted by Crippen LogP contribution is 2.30. The molecule has 1 rings (SSSR count). The van der Waals surface area contributed by atoms with E-state index < -0.39 is 6.43 Å². The number of hydrogen-bond acceptors (Lipinski definition) is 1. The van der Waals surface area contributed by atoms with Gasteiger partial charge in [-0.25, -0.2) is 8.78 Å². The fourth-order valence-corrected chi connectivity index (χ4v) is 1.65. The molecule has 0 N–H and O–H groups in total. The van der Waals surface area contributed by atoms with Gasteiger partial charge >= 0.3 is 0 Å². The maximum atomic E-state index is 12.6. The third kappa shape index (κ3) is 1.71. The van der Waals surface area contributed by atoms with Crippen molar-refractivity contribution < 1.29 is 8.78 Å². The van der Waals surface area contributed by atoms with Crippen LogP contribution in [0.1, 0.15) is 43.1 Å². The zero-order valence-corrected chi connectivity index (χ0v) is 8.31. The average molecular weight is 188 g/mol. The van der Waals surface area contributed by atoms with Crippen LogP contribution in [0.4, 0.5) is 8.78 Å². The smallest absolute Gasteiger partial charge is 0.267 e. The molecule has 2 nitrogen and oxygen atoms in total. The van der Waals surface area contributed by atoms with E-state index in [1.54, 1.807) is 18.7 Å². The third-order valence-electron chi connectivity index (χ3n) is 2.08. The lowest BCUT2D eigenvalue weighted by Crippen LogP contribution is -2.02. The molecule has 0 aromatic carbocycles. The summed E-state index contributed by atoms with van der Waals surface area (Å²) < 4.78 is 26.8. The summed E-state index contributed by atoms with van der Waals surface area (Å²) in [6, 6.07) is 0. The van der Waals surface area contributed by atoms with Crippen LogP contribution in [-0.4, -0.2) is 9.78 Å². The molecule has 0 aliphatic heterocycles. The van der Waals surface area contributed by atoms with E-state index in [-0.39, 0.29) is 11.5 Å². The minimum Gasteiger partial charge on any atom is -0.272 e. The highest BCUT2D eigenvalue weighted by molar-refractivity contribution is 5.28. The molecule has 0 radical (unpaired) electrons. The number of nitrogens with zero attached hydrogens (tertiary/aromatic N) is 2. The van der Waals surface area contributed by atoms with E-state index >= 15 is 0 Å². The molecule has 13 heavy (non-hydrogen) atoms. The van der Waals surface area contributed by atoms with Gasteiger partial charge in [0.25, 0.3) is 6.43 Å². The third-order valence-corrected chi connectivity index (χ3v) is 2.08. The standard InChI is InChI=1S/C9H14F2N2/c1-5(2)8-7(9(10)11)6(3)12-13(8)4/h5,9H,1-4H3. The SMILES string of the molecule is Cc1nn(C)c(C(C)C)c1C(F)F. The summed E-state index contributed by atoms with van der Waals surface area (Å²) in [5.41, 5.74) is 1.16. The molecule has 0 atom stereocenters. The van der Waals surface area contributed by atoms with Gasteiger partial charge < -0.3 is 0 Å². The van der Waals surface area contributed by atoms with Gasteiger partial charge in [0, 0.05) is 12.7 Å². The van der Waals surface area contributed by atoms with E-state index in [0.717, 1.165) is 0 Å². The Morgan fingerprint density at radius 1 is 1.31 bits per heavy atom. The number of alkyl halides is 2. The Morgan fingerprint density at radius 3 is 2.15 bits per heavy atom. The second kappa shape index (κ2) is 3.44. The Morgan fingerprint density at radius 2 is 1.85 bits per heavy atom. The lowest BCUT2D eigenvalue weighted by Gasteiger charge is -2.08. The van der Waals surface area contributed by atoms with Crippen LogP contribution in [0, 0.1) is 6.92 Å². The first-order chi connectivity index (χ1) is 5.95. The van der Waals surface area contributed by atoms with Crippen molar-refractivity contribution in [2.45, 2.75) is 33.1 Å². The number of halogens is 2. The van der Waals surface area contributed by atoms with Crippen molar-refractivity contribution >= 4 is 0 Å². The van der Waals surface area contributed by atoms with Crippen molar-refractivity contribution in [1.29, 1.82) is 0 Å². The van der Waals surface area contributed by atoms with Crippen molar-refractivity contribution in [2.75, 3.05) is 0 Å². The first kappa shape index (κ1) is 10.2. The van der Waals surface area contributed by atoms with Crippen molar-refractivity contribution in [3.05, 3.63) is 17.0 Å². The van der Waals surface area contributed by atoms with E-state index in [0.29, 0.717) is 11.4 Å². The van der Waals surface area contributed by atoms with Crippen molar-refractivity contribution in [3.8, 4) is 0 Å². The summed E-state index contributed by atoms with van der Waals surface area (Å²) in [6.45, 7) is 5.40. The van der Waals surface area contributed by atoms with Gasteiger partial charge in [-0.1, -0.05) is 13.8 Å². The van der Waals surface area contributed by atoms with Gasteiger partial charge in [-0.2, -0.15) is 5.10 Å². The van der Waals surface area contributed by atoms with E-state index in [1.165, 1.54) is 0 Å². The summed E-state index contributed by atoms with van der Waals surface area (Å²) >= 11 is 0. The van der Waals surface area contributed by atoms with Crippen molar-refractivity contribution in [2.24, 2.45) is 7.05 Å². The lowest BCUT2D eigenvalue weighted by atomic mass is 10.0. The number of hydrogen-bond donors (Lipinski definition) is 0. The van der Waals surface area contributed by atoms with Crippen LogP contribution in [0.25, 0.3) is 0 Å². The molecule has 74 valence electrons. The van der Waals surface area contributed by atoms with Crippen LogP contribution < -0.4 is 0 Å². The maximum absolute atomic E-state index is 12.6. The first-order valence-corrected chi connectivity index (χ1v) is 4.26. The Hall–Kier alpha value is -0.930. The number of aryl methyl sites for hydroxylation is 2. The molecule has 0 aliphatic carbocycles. The second-order valence-electron chi connectivity index (χ2n) is 3.46. The highest BCUT2D eigenvalue weighted by Gasteiger charge is 2.22. The Kier molecular flexibility index (Phi) is 2.68. The number of rotatable bonds is 2. The summed E-state index contributed by atoms with van der Waals surface area (Å²) in [5, 5.41) is 3.99. The number of aromatic nitrogens is 2. The van der Waals surface area contributed by atoms with Crippen LogP contribution in [0.15, 0.2) is 0 Å². The molecule has 1 aromatic heterocycles. The molecule has 0 unspecified atom stereocenters. The molecule has 0 bridgehead atoms. The molecular formula is C9H14F2N2. The quantitative estimate of drug-likeness (QED) is 0.697. The highest BCUT2D eigenvalue weighted by atomic mass is 19.3. The molecule has 1 heterocycles. The zero-order chi connectivity index (χ0) is 10.2. The molecular weight excluding hydrogens is 174 g/mol. The van der Waals surface area contributed by atoms with E-state index in [1.807, 2.05) is 13.8 Å². The molecule has 0 saturated carbocycles. The van der Waals surface area contributed by atoms with Gasteiger partial charge in [0.2, 0.25) is 0 Å². The minimum absolute atomic E-state index is 0.0789. The first-order valence-electron chi connectivity index (χ1n) is 4.26. The Labute approximate surface area is 76.6 Å². The molecule has 1 aromatic rings. The van der Waals surface area contributed by atoms with E-state index in [9.17, 15) is 8.78 Å². The monoisotopic (exact) mass is 188 g/mol. The molecule has 0 spiro atoms. The van der Waals surface area contributed by atoms with Gasteiger partial charge in [-0.15, -0.1) is 0 Å². The summed E-state index contributed by atoms with van der Waals surface area (Å²) in [5.74, 6) is 0.0789. The average Bonchev–Trinajstić information content (AvgIpc) is 2.24. The van der Waals surface area contributed by atoms with Gasteiger partial charge in [0.1, 0.15) is 0 Å². The van der Waals surface area contributed by atoms with Crippen LogP contribution in [0.2, 0.25) is 0 Å². The maximum Gasteiger partial charge on any atom is 0.267 e. The summed E-state index contributed by atoms with van der Waals surface area (Å²) in [4.78, 5) is 0. The summed E-state index contributed by atoms with van der Waals surface area (Å²) in [6.07, 6.45) is -2.42. The van der Waals surface area contributed by atoms with Gasteiger partial charge in [-0.3, -0.25) is 4.68 Å². The predicted molar refractivity (Wildman–Crippen MR) is 47.0 cm³/mol. The zero-order valence-electron chi connectivity index (χ0n) is 8.31. The molecule has 4 heteroatoms. The van der Waals surface area contributed by atoms with Crippen molar-refractivity contribution in [1.82, 2.24) is 9.78 Å². The normalized spacial score (nSPS) is 11.7. The van der Waals surface area contributed by atoms with Crippen LogP contribution >= 0.6 is 0 Å². The largest absolute Gasteiger partial charge is 0.272 e. The van der Waals surface area contributed by atoms with Crippen LogP contribution in [-0.2, 0) is 7.05 Å². The summed E-state index contributed by atoms with van der Waals surface area (Å²) in [7, 11) is 1.70. The van der Waals surface area contributed by atoms with Crippen molar-refractivity contribution in [3.63, 3.8) is 0 Å². The van der Waals surface area contributed by atoms with Gasteiger partial charge in [0.15, 0.2) is 0 Å². The Balaban J connectivity index is 3.29. The van der Waals surface area contributed by atoms with Gasteiger partial charge in [0.05, 0.1) is 11.3 Å². The van der Waals surface area contributed by atoms with Crippen LogP contribution in [0.3, 0.4) is 0 Å². The molecule has 0 aliphatic rings. The van der Waals surface area contributed by atoms with Crippen LogP contribution in [0.5, 0.6) is 0 Å². The van der Waals surface area contributed by atoms with E-state index in [2.05, 4.69) is 5.10 Å². The van der Waals surface area contributed by atoms with Gasteiger partial charge in [-0.05, 0) is 12.8 Å². The fraction of sp³-hybridized carbons (Fsp3) is 0.667. The predicted octanol–water partition coefficient (Wildman–Crippen LogP) is 2.79. The van der Waals surface area contributed by atoms with E-state index in [4.69, 9.17) is 0 Å².